The molecule has 0 spiro atoms. The highest BCUT2D eigenvalue weighted by molar-refractivity contribution is 5.69. The third-order valence-corrected chi connectivity index (χ3v) is 5.69. The Morgan fingerprint density at radius 3 is 1.97 bits per heavy atom. The fraction of sp³-hybridized carbons (Fsp3) is 0.138. The van der Waals surface area contributed by atoms with Crippen LogP contribution < -0.4 is 4.74 Å². The van der Waals surface area contributed by atoms with E-state index in [9.17, 15) is 0 Å². The van der Waals surface area contributed by atoms with Crippen molar-refractivity contribution in [1.82, 2.24) is 19.7 Å². The molecular weight excluding hydrogens is 420 g/mol. The van der Waals surface area contributed by atoms with Crippen molar-refractivity contribution in [1.29, 1.82) is 0 Å². The number of hydrogen-bond donors (Lipinski definition) is 0. The lowest BCUT2D eigenvalue weighted by Crippen LogP contribution is -2.01. The second kappa shape index (κ2) is 10.1. The van der Waals surface area contributed by atoms with E-state index >= 15 is 0 Å². The fourth-order valence-corrected chi connectivity index (χ4v) is 3.86. The van der Waals surface area contributed by atoms with E-state index in [1.165, 1.54) is 0 Å². The summed E-state index contributed by atoms with van der Waals surface area (Å²) < 4.78 is 7.94. The quantitative estimate of drug-likeness (QED) is 0.245. The first-order valence-corrected chi connectivity index (χ1v) is 11.6. The van der Waals surface area contributed by atoms with Crippen LogP contribution in [0.5, 0.6) is 5.75 Å². The van der Waals surface area contributed by atoms with Crippen LogP contribution >= 0.6 is 0 Å². The molecule has 3 aromatic carbocycles. The zero-order valence-corrected chi connectivity index (χ0v) is 19.1. The highest BCUT2D eigenvalue weighted by atomic mass is 16.5. The number of nitrogens with zero attached hydrogens (tertiary/aromatic N) is 4. The zero-order valence-electron chi connectivity index (χ0n) is 19.1. The average molecular weight is 447 g/mol. The Morgan fingerprint density at radius 1 is 0.676 bits per heavy atom. The molecule has 0 saturated carbocycles. The molecule has 0 unspecified atom stereocenters. The lowest BCUT2D eigenvalue weighted by Gasteiger charge is -2.12. The minimum Gasteiger partial charge on any atom is -0.494 e. The Morgan fingerprint density at radius 2 is 1.32 bits per heavy atom. The van der Waals surface area contributed by atoms with E-state index < -0.39 is 0 Å². The topological polar surface area (TPSA) is 52.8 Å². The molecule has 2 heterocycles. The summed E-state index contributed by atoms with van der Waals surface area (Å²) in [4.78, 5) is 4.24. The summed E-state index contributed by atoms with van der Waals surface area (Å²) in [7, 11) is 0. The summed E-state index contributed by atoms with van der Waals surface area (Å²) in [5.41, 5.74) is 5.18. The van der Waals surface area contributed by atoms with Crippen LogP contribution in [0.2, 0.25) is 0 Å². The van der Waals surface area contributed by atoms with Gasteiger partial charge in [-0.1, -0.05) is 61.9 Å². The van der Waals surface area contributed by atoms with Crippen molar-refractivity contribution < 1.29 is 4.74 Å². The second-order valence-corrected chi connectivity index (χ2v) is 8.06. The van der Waals surface area contributed by atoms with Gasteiger partial charge in [0.05, 0.1) is 6.61 Å². The van der Waals surface area contributed by atoms with Crippen molar-refractivity contribution in [3.8, 4) is 45.3 Å². The molecule has 0 aliphatic rings. The van der Waals surface area contributed by atoms with E-state index in [1.54, 1.807) is 6.20 Å². The highest BCUT2D eigenvalue weighted by Crippen LogP contribution is 2.30. The fourth-order valence-electron chi connectivity index (χ4n) is 3.86. The van der Waals surface area contributed by atoms with Crippen molar-refractivity contribution in [2.24, 2.45) is 0 Å². The smallest absolute Gasteiger partial charge is 0.168 e. The van der Waals surface area contributed by atoms with Gasteiger partial charge in [0.25, 0.3) is 0 Å². The minimum atomic E-state index is 0.730. The largest absolute Gasteiger partial charge is 0.494 e. The monoisotopic (exact) mass is 446 g/mol. The van der Waals surface area contributed by atoms with Gasteiger partial charge in [0.15, 0.2) is 11.6 Å². The number of rotatable bonds is 8. The van der Waals surface area contributed by atoms with Gasteiger partial charge >= 0.3 is 0 Å². The van der Waals surface area contributed by atoms with E-state index in [2.05, 4.69) is 69.1 Å². The van der Waals surface area contributed by atoms with Crippen LogP contribution in [0.15, 0.2) is 103 Å². The predicted molar refractivity (Wildman–Crippen MR) is 136 cm³/mol. The maximum absolute atomic E-state index is 5.83. The molecule has 5 aromatic rings. The molecule has 0 atom stereocenters. The van der Waals surface area contributed by atoms with Gasteiger partial charge in [0.1, 0.15) is 5.75 Å². The van der Waals surface area contributed by atoms with Crippen molar-refractivity contribution in [3.63, 3.8) is 0 Å². The van der Waals surface area contributed by atoms with Gasteiger partial charge in [-0.15, -0.1) is 10.2 Å². The molecule has 0 aliphatic heterocycles. The summed E-state index contributed by atoms with van der Waals surface area (Å²) in [6.07, 6.45) is 5.82. The maximum atomic E-state index is 5.83. The summed E-state index contributed by atoms with van der Waals surface area (Å²) in [5, 5.41) is 9.16. The lowest BCUT2D eigenvalue weighted by atomic mass is 10.1. The summed E-state index contributed by atoms with van der Waals surface area (Å²) in [6.45, 7) is 2.89. The van der Waals surface area contributed by atoms with Gasteiger partial charge in [0.2, 0.25) is 0 Å². The van der Waals surface area contributed by atoms with Crippen LogP contribution in [0.1, 0.15) is 19.8 Å². The molecule has 0 radical (unpaired) electrons. The van der Waals surface area contributed by atoms with E-state index in [0.717, 1.165) is 64.8 Å². The average Bonchev–Trinajstić information content (AvgIpc) is 3.36. The third-order valence-electron chi connectivity index (χ3n) is 5.69. The van der Waals surface area contributed by atoms with E-state index in [0.29, 0.717) is 0 Å². The Labute approximate surface area is 199 Å². The van der Waals surface area contributed by atoms with Crippen LogP contribution in [0, 0.1) is 0 Å². The maximum Gasteiger partial charge on any atom is 0.168 e. The van der Waals surface area contributed by atoms with Gasteiger partial charge in [0, 0.05) is 29.2 Å². The molecular formula is C29H26N4O. The molecule has 0 aliphatic carbocycles. The van der Waals surface area contributed by atoms with Gasteiger partial charge in [-0.25, -0.2) is 0 Å². The first-order chi connectivity index (χ1) is 16.8. The molecule has 0 bridgehead atoms. The van der Waals surface area contributed by atoms with E-state index in [-0.39, 0.29) is 0 Å². The Kier molecular flexibility index (Phi) is 6.43. The van der Waals surface area contributed by atoms with Gasteiger partial charge < -0.3 is 4.74 Å². The van der Waals surface area contributed by atoms with Crippen LogP contribution in [0.4, 0.5) is 0 Å². The zero-order chi connectivity index (χ0) is 23.2. The number of benzene rings is 3. The first-order valence-electron chi connectivity index (χ1n) is 11.6. The molecule has 0 N–H and O–H groups in total. The lowest BCUT2D eigenvalue weighted by molar-refractivity contribution is 0.309. The van der Waals surface area contributed by atoms with Gasteiger partial charge in [-0.05, 0) is 60.0 Å². The molecule has 0 amide bonds. The van der Waals surface area contributed by atoms with Crippen LogP contribution in [-0.2, 0) is 0 Å². The predicted octanol–water partition coefficient (Wildman–Crippen LogP) is 6.84. The molecule has 5 heteroatoms. The normalized spacial score (nSPS) is 10.9. The van der Waals surface area contributed by atoms with E-state index in [4.69, 9.17) is 4.74 Å². The highest BCUT2D eigenvalue weighted by Gasteiger charge is 2.17. The van der Waals surface area contributed by atoms with Gasteiger partial charge in [-0.2, -0.15) is 0 Å². The standard InChI is InChI=1S/C29H26N4O/c1-2-3-20-34-27-17-13-24(14-18-27)29-32-31-28(23-8-5-4-6-9-23)33(29)26-15-11-22(12-16-26)25-10-7-19-30-21-25/h4-19,21H,2-3,20H2,1H3. The molecule has 5 rings (SSSR count). The van der Waals surface area contributed by atoms with Crippen LogP contribution in [0.3, 0.4) is 0 Å². The van der Waals surface area contributed by atoms with Crippen LogP contribution in [-0.4, -0.2) is 26.4 Å². The van der Waals surface area contributed by atoms with Crippen LogP contribution in [0.25, 0.3) is 39.6 Å². The molecule has 0 fully saturated rings. The molecule has 0 saturated heterocycles. The second-order valence-electron chi connectivity index (χ2n) is 8.06. The molecule has 168 valence electrons. The minimum absolute atomic E-state index is 0.730. The molecule has 34 heavy (non-hydrogen) atoms. The SMILES string of the molecule is CCCCOc1ccc(-c2nnc(-c3ccccc3)n2-c2ccc(-c3cccnc3)cc2)cc1. The van der Waals surface area contributed by atoms with Crippen molar-refractivity contribution in [3.05, 3.63) is 103 Å². The summed E-state index contributed by atoms with van der Waals surface area (Å²) >= 11 is 0. The number of ether oxygens (including phenoxy) is 1. The Hall–Kier alpha value is -4.25. The Balaban J connectivity index is 1.54. The number of pyridine rings is 1. The van der Waals surface area contributed by atoms with Crippen molar-refractivity contribution in [2.45, 2.75) is 19.8 Å². The number of aromatic nitrogens is 4. The van der Waals surface area contributed by atoms with Crippen molar-refractivity contribution >= 4 is 0 Å². The molecule has 2 aromatic heterocycles. The third kappa shape index (κ3) is 4.59. The number of hydrogen-bond acceptors (Lipinski definition) is 4. The van der Waals surface area contributed by atoms with Gasteiger partial charge in [-0.3, -0.25) is 9.55 Å². The van der Waals surface area contributed by atoms with E-state index in [1.807, 2.05) is 54.7 Å². The summed E-state index contributed by atoms with van der Waals surface area (Å²) in [5.74, 6) is 2.45. The van der Waals surface area contributed by atoms with Crippen molar-refractivity contribution in [2.75, 3.05) is 6.61 Å². The number of unbranched alkanes of at least 4 members (excludes halogenated alkanes) is 1. The first kappa shape index (κ1) is 21.6. The molecule has 5 nitrogen and oxygen atoms in total. The Bertz CT molecular complexity index is 1330. The summed E-state index contributed by atoms with van der Waals surface area (Å²) in [6, 6.07) is 30.7.